The molecule has 0 saturated carbocycles. The highest BCUT2D eigenvalue weighted by atomic mass is 35.5. The Morgan fingerprint density at radius 3 is 2.73 bits per heavy atom. The molecule has 132 valence electrons. The molecule has 3 nitrogen and oxygen atoms in total. The maximum Gasteiger partial charge on any atom is 0.254 e. The molecule has 0 fully saturated rings. The van der Waals surface area contributed by atoms with Gasteiger partial charge in [-0.3, -0.25) is 4.79 Å². The Morgan fingerprint density at radius 2 is 2.00 bits per heavy atom. The quantitative estimate of drug-likeness (QED) is 0.602. The summed E-state index contributed by atoms with van der Waals surface area (Å²) in [5.74, 6) is -0.0198. The van der Waals surface area contributed by atoms with E-state index in [0.29, 0.717) is 28.7 Å². The van der Waals surface area contributed by atoms with E-state index in [9.17, 15) is 4.79 Å². The predicted octanol–water partition coefficient (Wildman–Crippen LogP) is 5.71. The van der Waals surface area contributed by atoms with E-state index in [0.717, 1.165) is 6.42 Å². The first-order chi connectivity index (χ1) is 12.5. The monoisotopic (exact) mass is 384 g/mol. The number of aromatic nitrogens is 1. The second kappa shape index (κ2) is 6.82. The van der Waals surface area contributed by atoms with E-state index < -0.39 is 0 Å². The molecule has 0 atom stereocenters. The molecule has 1 amide bonds. The fraction of sp³-hybridized carbons (Fsp3) is 0.190. The maximum absolute atomic E-state index is 12.7. The van der Waals surface area contributed by atoms with E-state index in [1.165, 1.54) is 27.6 Å². The molecule has 3 aromatic rings. The largest absolute Gasteiger partial charge is 0.360 e. The topological polar surface area (TPSA) is 36.1 Å². The van der Waals surface area contributed by atoms with E-state index in [1.54, 1.807) is 18.2 Å². The number of rotatable bonds is 2. The minimum atomic E-state index is -0.0198. The summed E-state index contributed by atoms with van der Waals surface area (Å²) in [5, 5.41) is 2.10. The molecule has 0 radical (unpaired) electrons. The zero-order valence-corrected chi connectivity index (χ0v) is 15.9. The third kappa shape index (κ3) is 3.02. The normalized spacial score (nSPS) is 14.6. The zero-order chi connectivity index (χ0) is 18.3. The number of hydrogen-bond acceptors (Lipinski definition) is 1. The van der Waals surface area contributed by atoms with Gasteiger partial charge in [-0.25, -0.2) is 0 Å². The van der Waals surface area contributed by atoms with Crippen molar-refractivity contribution in [1.82, 2.24) is 9.88 Å². The Hall–Kier alpha value is -2.23. The summed E-state index contributed by atoms with van der Waals surface area (Å²) in [6.45, 7) is 3.38. The standard InChI is InChI=1S/C21H18Cl2N2O/c1-13-3-2-4-16-17(12-24-20(13)16)14-7-9-25(10-8-14)21(26)15-5-6-18(22)19(23)11-15/h2-7,11-12,24H,8-10H2,1H3. The van der Waals surface area contributed by atoms with Crippen LogP contribution in [0.15, 0.2) is 48.7 Å². The van der Waals surface area contributed by atoms with Gasteiger partial charge in [0.2, 0.25) is 0 Å². The molecular weight excluding hydrogens is 367 g/mol. The fourth-order valence-corrected chi connectivity index (χ4v) is 3.78. The molecule has 0 bridgehead atoms. The van der Waals surface area contributed by atoms with Crippen LogP contribution in [-0.2, 0) is 0 Å². The number of aromatic amines is 1. The summed E-state index contributed by atoms with van der Waals surface area (Å²) in [6.07, 6.45) is 5.04. The van der Waals surface area contributed by atoms with Crippen LogP contribution in [0.3, 0.4) is 0 Å². The molecule has 1 aliphatic heterocycles. The average Bonchev–Trinajstić information content (AvgIpc) is 3.09. The van der Waals surface area contributed by atoms with Crippen LogP contribution in [0.1, 0.15) is 27.9 Å². The lowest BCUT2D eigenvalue weighted by Crippen LogP contribution is -2.34. The van der Waals surface area contributed by atoms with Crippen LogP contribution < -0.4 is 0 Å². The number of nitrogens with zero attached hydrogens (tertiary/aromatic N) is 1. The first-order valence-electron chi connectivity index (χ1n) is 8.55. The van der Waals surface area contributed by atoms with E-state index >= 15 is 0 Å². The highest BCUT2D eigenvalue weighted by Crippen LogP contribution is 2.31. The number of aryl methyl sites for hydroxylation is 1. The van der Waals surface area contributed by atoms with Gasteiger partial charge in [0, 0.05) is 41.3 Å². The van der Waals surface area contributed by atoms with Crippen molar-refractivity contribution < 1.29 is 4.79 Å². The van der Waals surface area contributed by atoms with Gasteiger partial charge in [-0.1, -0.05) is 47.5 Å². The lowest BCUT2D eigenvalue weighted by atomic mass is 9.98. The van der Waals surface area contributed by atoms with Gasteiger partial charge >= 0.3 is 0 Å². The molecule has 26 heavy (non-hydrogen) atoms. The van der Waals surface area contributed by atoms with Gasteiger partial charge in [-0.2, -0.15) is 0 Å². The average molecular weight is 385 g/mol. The number of fused-ring (bicyclic) bond motifs is 1. The molecule has 0 saturated heterocycles. The Morgan fingerprint density at radius 1 is 1.15 bits per heavy atom. The number of hydrogen-bond donors (Lipinski definition) is 1. The van der Waals surface area contributed by atoms with Gasteiger partial charge in [0.25, 0.3) is 5.91 Å². The smallest absolute Gasteiger partial charge is 0.254 e. The second-order valence-electron chi connectivity index (χ2n) is 6.56. The van der Waals surface area contributed by atoms with Crippen molar-refractivity contribution >= 4 is 45.6 Å². The van der Waals surface area contributed by atoms with Crippen molar-refractivity contribution in [3.8, 4) is 0 Å². The molecule has 4 rings (SSSR count). The van der Waals surface area contributed by atoms with Crippen LogP contribution in [0.25, 0.3) is 16.5 Å². The van der Waals surface area contributed by atoms with E-state index in [1.807, 2.05) is 4.90 Å². The highest BCUT2D eigenvalue weighted by molar-refractivity contribution is 6.42. The van der Waals surface area contributed by atoms with Crippen LogP contribution in [-0.4, -0.2) is 28.9 Å². The Balaban J connectivity index is 1.57. The van der Waals surface area contributed by atoms with Gasteiger partial charge in [0.15, 0.2) is 0 Å². The third-order valence-corrected chi connectivity index (χ3v) is 5.67. The third-order valence-electron chi connectivity index (χ3n) is 4.93. The van der Waals surface area contributed by atoms with Crippen LogP contribution in [0.2, 0.25) is 10.0 Å². The van der Waals surface area contributed by atoms with Gasteiger partial charge < -0.3 is 9.88 Å². The molecule has 2 heterocycles. The van der Waals surface area contributed by atoms with Crippen molar-refractivity contribution in [3.63, 3.8) is 0 Å². The molecular formula is C21H18Cl2N2O. The predicted molar refractivity (Wildman–Crippen MR) is 108 cm³/mol. The minimum Gasteiger partial charge on any atom is -0.360 e. The van der Waals surface area contributed by atoms with Crippen molar-refractivity contribution in [3.05, 3.63) is 75.4 Å². The first kappa shape index (κ1) is 17.2. The van der Waals surface area contributed by atoms with Gasteiger partial charge in [-0.15, -0.1) is 0 Å². The summed E-state index contributed by atoms with van der Waals surface area (Å²) in [5.41, 5.74) is 5.49. The van der Waals surface area contributed by atoms with Crippen LogP contribution in [0, 0.1) is 6.92 Å². The van der Waals surface area contributed by atoms with Crippen molar-refractivity contribution in [1.29, 1.82) is 0 Å². The highest BCUT2D eigenvalue weighted by Gasteiger charge is 2.21. The Kier molecular flexibility index (Phi) is 4.51. The second-order valence-corrected chi connectivity index (χ2v) is 7.37. The molecule has 5 heteroatoms. The number of halogens is 2. The van der Waals surface area contributed by atoms with Gasteiger partial charge in [0.1, 0.15) is 0 Å². The molecule has 1 aromatic heterocycles. The summed E-state index contributed by atoms with van der Waals surface area (Å²) >= 11 is 12.0. The van der Waals surface area contributed by atoms with E-state index in [2.05, 4.69) is 42.4 Å². The summed E-state index contributed by atoms with van der Waals surface area (Å²) in [6, 6.07) is 11.3. The number of carbonyl (C=O) groups is 1. The van der Waals surface area contributed by atoms with Crippen molar-refractivity contribution in [2.45, 2.75) is 13.3 Å². The van der Waals surface area contributed by atoms with E-state index in [4.69, 9.17) is 23.2 Å². The lowest BCUT2D eigenvalue weighted by Gasteiger charge is -2.26. The number of amides is 1. The van der Waals surface area contributed by atoms with Gasteiger partial charge in [-0.05, 0) is 42.7 Å². The summed E-state index contributed by atoms with van der Waals surface area (Å²) in [7, 11) is 0. The number of H-pyrrole nitrogens is 1. The molecule has 1 N–H and O–H groups in total. The zero-order valence-electron chi connectivity index (χ0n) is 14.4. The van der Waals surface area contributed by atoms with E-state index in [-0.39, 0.29) is 5.91 Å². The van der Waals surface area contributed by atoms with Crippen molar-refractivity contribution in [2.24, 2.45) is 0 Å². The molecule has 0 spiro atoms. The Bertz CT molecular complexity index is 1040. The van der Waals surface area contributed by atoms with Gasteiger partial charge in [0.05, 0.1) is 10.0 Å². The summed E-state index contributed by atoms with van der Waals surface area (Å²) < 4.78 is 0. The molecule has 0 aliphatic carbocycles. The maximum atomic E-state index is 12.7. The SMILES string of the molecule is Cc1cccc2c(C3=CCN(C(=O)c4ccc(Cl)c(Cl)c4)CC3)c[nH]c12. The molecule has 1 aliphatic rings. The lowest BCUT2D eigenvalue weighted by molar-refractivity contribution is 0.0773. The fourth-order valence-electron chi connectivity index (χ4n) is 3.48. The first-order valence-corrected chi connectivity index (χ1v) is 9.30. The minimum absolute atomic E-state index is 0.0198. The number of para-hydroxylation sites is 1. The number of nitrogens with one attached hydrogen (secondary N) is 1. The molecule has 0 unspecified atom stereocenters. The number of carbonyl (C=O) groups excluding carboxylic acids is 1. The summed E-state index contributed by atoms with van der Waals surface area (Å²) in [4.78, 5) is 17.9. The van der Waals surface area contributed by atoms with Crippen LogP contribution in [0.4, 0.5) is 0 Å². The molecule has 2 aromatic carbocycles. The Labute approximate surface area is 162 Å². The van der Waals surface area contributed by atoms with Crippen molar-refractivity contribution in [2.75, 3.05) is 13.1 Å². The van der Waals surface area contributed by atoms with Crippen LogP contribution >= 0.6 is 23.2 Å². The number of benzene rings is 2. The van der Waals surface area contributed by atoms with Crippen LogP contribution in [0.5, 0.6) is 0 Å².